The Balaban J connectivity index is 3.43. The van der Waals surface area contributed by atoms with E-state index in [9.17, 15) is 0 Å². The largest absolute Gasteiger partial charge is 0.380 e. The smallest absolute Gasteiger partial charge is 0.0962 e. The van der Waals surface area contributed by atoms with Gasteiger partial charge in [-0.3, -0.25) is 0 Å². The molecule has 0 heterocycles. The van der Waals surface area contributed by atoms with Gasteiger partial charge in [0, 0.05) is 19.7 Å². The minimum absolute atomic E-state index is 0.0375. The zero-order valence-electron chi connectivity index (χ0n) is 9.42. The van der Waals surface area contributed by atoms with Gasteiger partial charge in [-0.2, -0.15) is 5.26 Å². The summed E-state index contributed by atoms with van der Waals surface area (Å²) in [6.07, 6.45) is 0.857. The summed E-state index contributed by atoms with van der Waals surface area (Å²) in [6.45, 7) is 5.38. The number of ether oxygens (including phenoxy) is 1. The molecule has 82 valence electrons. The fraction of sp³-hybridized carbons (Fsp3) is 0.900. The summed E-state index contributed by atoms with van der Waals surface area (Å²) < 4.78 is 5.24. The van der Waals surface area contributed by atoms with Crippen LogP contribution in [0.25, 0.3) is 0 Å². The Morgan fingerprint density at radius 1 is 1.50 bits per heavy atom. The summed E-state index contributed by atoms with van der Waals surface area (Å²) in [4.78, 5) is 2.18. The predicted molar refractivity (Wildman–Crippen MR) is 57.1 cm³/mol. The number of nitrogens with zero attached hydrogens (tertiary/aromatic N) is 2. The quantitative estimate of drug-likeness (QED) is 0.577. The zero-order chi connectivity index (χ0) is 10.8. The lowest BCUT2D eigenvalue weighted by atomic mass is 10.2. The van der Waals surface area contributed by atoms with E-state index in [1.54, 1.807) is 0 Å². The van der Waals surface area contributed by atoms with Crippen molar-refractivity contribution in [3.63, 3.8) is 0 Å². The summed E-state index contributed by atoms with van der Waals surface area (Å²) in [5.41, 5.74) is 0. The Morgan fingerprint density at radius 3 is 2.71 bits per heavy atom. The average molecular weight is 199 g/mol. The first-order valence-electron chi connectivity index (χ1n) is 5.07. The molecule has 0 spiro atoms. The molecule has 0 saturated carbocycles. The van der Waals surface area contributed by atoms with Crippen molar-refractivity contribution >= 4 is 0 Å². The fourth-order valence-corrected chi connectivity index (χ4v) is 1.10. The SMILES string of the molecule is CCOCCN(C)CCC(C#N)NC. The molecule has 0 rings (SSSR count). The third-order valence-corrected chi connectivity index (χ3v) is 2.13. The van der Waals surface area contributed by atoms with Crippen molar-refractivity contribution < 1.29 is 4.74 Å². The first-order valence-corrected chi connectivity index (χ1v) is 5.07. The summed E-state index contributed by atoms with van der Waals surface area (Å²) in [5.74, 6) is 0. The van der Waals surface area contributed by atoms with E-state index in [1.807, 2.05) is 21.0 Å². The Labute approximate surface area is 86.8 Å². The first kappa shape index (κ1) is 13.4. The van der Waals surface area contributed by atoms with Crippen LogP contribution in [0.5, 0.6) is 0 Å². The predicted octanol–water partition coefficient (Wildman–Crippen LogP) is 0.456. The van der Waals surface area contributed by atoms with Crippen molar-refractivity contribution in [2.24, 2.45) is 0 Å². The van der Waals surface area contributed by atoms with Crippen molar-refractivity contribution in [1.29, 1.82) is 5.26 Å². The minimum atomic E-state index is -0.0375. The second kappa shape index (κ2) is 8.95. The number of hydrogen-bond donors (Lipinski definition) is 1. The summed E-state index contributed by atoms with van der Waals surface area (Å²) in [7, 11) is 3.86. The van der Waals surface area contributed by atoms with E-state index < -0.39 is 0 Å². The van der Waals surface area contributed by atoms with E-state index in [1.165, 1.54) is 0 Å². The highest BCUT2D eigenvalue weighted by Gasteiger charge is 2.05. The molecule has 1 N–H and O–H groups in total. The number of hydrogen-bond acceptors (Lipinski definition) is 4. The van der Waals surface area contributed by atoms with Crippen molar-refractivity contribution in [2.75, 3.05) is 40.4 Å². The molecule has 0 aromatic rings. The number of nitrogens with one attached hydrogen (secondary N) is 1. The second-order valence-corrected chi connectivity index (χ2v) is 3.26. The molecule has 0 aliphatic carbocycles. The van der Waals surface area contributed by atoms with Crippen molar-refractivity contribution in [1.82, 2.24) is 10.2 Å². The van der Waals surface area contributed by atoms with Crippen LogP contribution in [0.3, 0.4) is 0 Å². The van der Waals surface area contributed by atoms with Gasteiger partial charge in [-0.15, -0.1) is 0 Å². The van der Waals surface area contributed by atoms with E-state index in [0.29, 0.717) is 0 Å². The molecule has 0 aromatic heterocycles. The second-order valence-electron chi connectivity index (χ2n) is 3.26. The van der Waals surface area contributed by atoms with E-state index in [0.717, 1.165) is 32.7 Å². The number of nitriles is 1. The van der Waals surface area contributed by atoms with E-state index in [2.05, 4.69) is 16.3 Å². The molecule has 0 aliphatic heterocycles. The van der Waals surface area contributed by atoms with Gasteiger partial charge in [0.1, 0.15) is 0 Å². The normalized spacial score (nSPS) is 12.8. The summed E-state index contributed by atoms with van der Waals surface area (Å²) >= 11 is 0. The van der Waals surface area contributed by atoms with Gasteiger partial charge < -0.3 is 15.0 Å². The van der Waals surface area contributed by atoms with Crippen LogP contribution in [-0.4, -0.2) is 51.3 Å². The Hall–Kier alpha value is -0.630. The molecule has 14 heavy (non-hydrogen) atoms. The summed E-state index contributed by atoms with van der Waals surface area (Å²) in [6, 6.07) is 2.17. The highest BCUT2D eigenvalue weighted by molar-refractivity contribution is 4.88. The molecule has 0 aliphatic rings. The van der Waals surface area contributed by atoms with Crippen molar-refractivity contribution in [2.45, 2.75) is 19.4 Å². The molecule has 0 aromatic carbocycles. The van der Waals surface area contributed by atoms with Gasteiger partial charge in [-0.25, -0.2) is 0 Å². The molecule has 0 fully saturated rings. The highest BCUT2D eigenvalue weighted by atomic mass is 16.5. The zero-order valence-corrected chi connectivity index (χ0v) is 9.42. The van der Waals surface area contributed by atoms with E-state index in [-0.39, 0.29) is 6.04 Å². The molecule has 0 saturated heterocycles. The van der Waals surface area contributed by atoms with Crippen LogP contribution in [0.15, 0.2) is 0 Å². The van der Waals surface area contributed by atoms with Crippen LogP contribution < -0.4 is 5.32 Å². The molecule has 4 heteroatoms. The molecule has 4 nitrogen and oxygen atoms in total. The van der Waals surface area contributed by atoms with Gasteiger partial charge in [0.15, 0.2) is 0 Å². The van der Waals surface area contributed by atoms with Gasteiger partial charge in [0.05, 0.1) is 18.7 Å². The Morgan fingerprint density at radius 2 is 2.21 bits per heavy atom. The van der Waals surface area contributed by atoms with Crippen LogP contribution >= 0.6 is 0 Å². The van der Waals surface area contributed by atoms with Gasteiger partial charge in [-0.1, -0.05) is 0 Å². The lowest BCUT2D eigenvalue weighted by Crippen LogP contribution is -2.31. The molecular formula is C10H21N3O. The van der Waals surface area contributed by atoms with E-state index >= 15 is 0 Å². The average Bonchev–Trinajstić information content (AvgIpc) is 2.20. The van der Waals surface area contributed by atoms with Crippen LogP contribution in [0.2, 0.25) is 0 Å². The van der Waals surface area contributed by atoms with Crippen LogP contribution in [0.1, 0.15) is 13.3 Å². The van der Waals surface area contributed by atoms with Crippen molar-refractivity contribution in [3.8, 4) is 6.07 Å². The molecular weight excluding hydrogens is 178 g/mol. The van der Waals surface area contributed by atoms with E-state index in [4.69, 9.17) is 10.00 Å². The van der Waals surface area contributed by atoms with Gasteiger partial charge in [0.25, 0.3) is 0 Å². The number of likely N-dealkylation sites (N-methyl/N-ethyl adjacent to an activating group) is 1. The standard InChI is InChI=1S/C10H21N3O/c1-4-14-8-7-13(3)6-5-10(9-11)12-2/h10,12H,4-8H2,1-3H3. The maximum absolute atomic E-state index is 8.70. The maximum atomic E-state index is 8.70. The monoisotopic (exact) mass is 199 g/mol. The van der Waals surface area contributed by atoms with Gasteiger partial charge >= 0.3 is 0 Å². The van der Waals surface area contributed by atoms with Crippen LogP contribution in [0.4, 0.5) is 0 Å². The minimum Gasteiger partial charge on any atom is -0.380 e. The van der Waals surface area contributed by atoms with Gasteiger partial charge in [0.2, 0.25) is 0 Å². The molecule has 1 unspecified atom stereocenters. The number of rotatable bonds is 8. The van der Waals surface area contributed by atoms with Crippen LogP contribution in [0, 0.1) is 11.3 Å². The maximum Gasteiger partial charge on any atom is 0.0962 e. The molecule has 0 amide bonds. The first-order chi connectivity index (χ1) is 6.74. The third-order valence-electron chi connectivity index (χ3n) is 2.13. The molecule has 1 atom stereocenters. The van der Waals surface area contributed by atoms with Gasteiger partial charge in [-0.05, 0) is 27.4 Å². The molecule has 0 radical (unpaired) electrons. The molecule has 0 bridgehead atoms. The Bertz CT molecular complexity index is 167. The summed E-state index contributed by atoms with van der Waals surface area (Å²) in [5, 5.41) is 11.7. The Kier molecular flexibility index (Phi) is 8.54. The lowest BCUT2D eigenvalue weighted by molar-refractivity contribution is 0.121. The van der Waals surface area contributed by atoms with Crippen molar-refractivity contribution in [3.05, 3.63) is 0 Å². The topological polar surface area (TPSA) is 48.3 Å². The third kappa shape index (κ3) is 6.84. The highest BCUT2D eigenvalue weighted by Crippen LogP contribution is 1.93. The van der Waals surface area contributed by atoms with Crippen LogP contribution in [-0.2, 0) is 4.74 Å². The lowest BCUT2D eigenvalue weighted by Gasteiger charge is -2.17. The fourth-order valence-electron chi connectivity index (χ4n) is 1.10.